The van der Waals surface area contributed by atoms with Crippen molar-refractivity contribution >= 4 is 15.9 Å². The number of hydrogen-bond donors (Lipinski definition) is 0. The minimum atomic E-state index is -0.301. The summed E-state index contributed by atoms with van der Waals surface area (Å²) in [5, 5.41) is 0. The second kappa shape index (κ2) is 5.87. The van der Waals surface area contributed by atoms with Gasteiger partial charge in [-0.3, -0.25) is 0 Å². The Kier molecular flexibility index (Phi) is 4.20. The van der Waals surface area contributed by atoms with Crippen LogP contribution in [-0.2, 0) is 6.61 Å². The van der Waals surface area contributed by atoms with Gasteiger partial charge in [0.15, 0.2) is 0 Å². The lowest BCUT2D eigenvalue weighted by atomic mass is 10.2. The van der Waals surface area contributed by atoms with E-state index in [2.05, 4.69) is 15.9 Å². The number of ether oxygens (including phenoxy) is 2. The summed E-state index contributed by atoms with van der Waals surface area (Å²) in [6.07, 6.45) is 0. The SMILES string of the molecule is COc1ccc(F)cc1COc1ccc(Br)cc1. The molecule has 0 N–H and O–H groups in total. The van der Waals surface area contributed by atoms with Crippen molar-refractivity contribution in [1.82, 2.24) is 0 Å². The topological polar surface area (TPSA) is 18.5 Å². The molecule has 0 aromatic heterocycles. The molecule has 2 aromatic rings. The van der Waals surface area contributed by atoms with E-state index >= 15 is 0 Å². The first-order chi connectivity index (χ1) is 8.69. The highest BCUT2D eigenvalue weighted by molar-refractivity contribution is 9.10. The van der Waals surface area contributed by atoms with E-state index in [1.165, 1.54) is 12.1 Å². The number of hydrogen-bond acceptors (Lipinski definition) is 2. The molecule has 0 aliphatic rings. The maximum Gasteiger partial charge on any atom is 0.125 e. The van der Waals surface area contributed by atoms with E-state index in [0.29, 0.717) is 11.3 Å². The monoisotopic (exact) mass is 310 g/mol. The molecule has 0 spiro atoms. The molecule has 2 nitrogen and oxygen atoms in total. The first kappa shape index (κ1) is 12.9. The van der Waals surface area contributed by atoms with Gasteiger partial charge >= 0.3 is 0 Å². The van der Waals surface area contributed by atoms with Crippen LogP contribution in [0, 0.1) is 5.82 Å². The lowest BCUT2D eigenvalue weighted by Gasteiger charge is -2.10. The van der Waals surface area contributed by atoms with Crippen molar-refractivity contribution in [2.75, 3.05) is 7.11 Å². The number of benzene rings is 2. The van der Waals surface area contributed by atoms with Gasteiger partial charge < -0.3 is 9.47 Å². The molecule has 2 aromatic carbocycles. The average molecular weight is 311 g/mol. The maximum absolute atomic E-state index is 13.1. The molecule has 18 heavy (non-hydrogen) atoms. The van der Waals surface area contributed by atoms with Crippen LogP contribution in [-0.4, -0.2) is 7.11 Å². The fourth-order valence-corrected chi connectivity index (χ4v) is 1.82. The van der Waals surface area contributed by atoms with E-state index in [9.17, 15) is 4.39 Å². The van der Waals surface area contributed by atoms with Crippen molar-refractivity contribution in [2.24, 2.45) is 0 Å². The van der Waals surface area contributed by atoms with Crippen LogP contribution in [0.15, 0.2) is 46.9 Å². The number of methoxy groups -OCH3 is 1. The van der Waals surface area contributed by atoms with Gasteiger partial charge in [-0.05, 0) is 42.5 Å². The third-order valence-corrected chi connectivity index (χ3v) is 2.98. The Bertz CT molecular complexity index is 526. The van der Waals surface area contributed by atoms with Gasteiger partial charge in [-0.15, -0.1) is 0 Å². The minimum absolute atomic E-state index is 0.266. The molecule has 94 valence electrons. The summed E-state index contributed by atoms with van der Waals surface area (Å²) in [6.45, 7) is 0.266. The van der Waals surface area contributed by atoms with Gasteiger partial charge in [0.1, 0.15) is 23.9 Å². The molecule has 0 aliphatic heterocycles. The van der Waals surface area contributed by atoms with Crippen molar-refractivity contribution < 1.29 is 13.9 Å². The molecule has 0 radical (unpaired) electrons. The van der Waals surface area contributed by atoms with Crippen LogP contribution in [0.3, 0.4) is 0 Å². The Morgan fingerprint density at radius 1 is 1.11 bits per heavy atom. The Labute approximate surface area is 113 Å². The van der Waals surface area contributed by atoms with E-state index in [0.717, 1.165) is 10.2 Å². The highest BCUT2D eigenvalue weighted by Gasteiger charge is 2.05. The van der Waals surface area contributed by atoms with E-state index in [4.69, 9.17) is 9.47 Å². The summed E-state index contributed by atoms with van der Waals surface area (Å²) < 4.78 is 24.9. The first-order valence-electron chi connectivity index (χ1n) is 5.40. The van der Waals surface area contributed by atoms with Crippen molar-refractivity contribution in [3.05, 3.63) is 58.3 Å². The van der Waals surface area contributed by atoms with Crippen molar-refractivity contribution in [2.45, 2.75) is 6.61 Å². The van der Waals surface area contributed by atoms with Gasteiger partial charge in [-0.1, -0.05) is 15.9 Å². The third-order valence-electron chi connectivity index (χ3n) is 2.45. The van der Waals surface area contributed by atoms with E-state index < -0.39 is 0 Å². The van der Waals surface area contributed by atoms with Crippen LogP contribution in [0.2, 0.25) is 0 Å². The largest absolute Gasteiger partial charge is 0.496 e. The van der Waals surface area contributed by atoms with Crippen LogP contribution in [0.25, 0.3) is 0 Å². The van der Waals surface area contributed by atoms with Gasteiger partial charge in [-0.2, -0.15) is 0 Å². The van der Waals surface area contributed by atoms with E-state index in [1.54, 1.807) is 13.2 Å². The molecule has 0 heterocycles. The van der Waals surface area contributed by atoms with Gasteiger partial charge in [0.2, 0.25) is 0 Å². The first-order valence-corrected chi connectivity index (χ1v) is 6.19. The molecule has 0 atom stereocenters. The normalized spacial score (nSPS) is 10.2. The Balaban J connectivity index is 2.09. The van der Waals surface area contributed by atoms with Gasteiger partial charge in [0.25, 0.3) is 0 Å². The fraction of sp³-hybridized carbons (Fsp3) is 0.143. The number of rotatable bonds is 4. The molecule has 2 rings (SSSR count). The molecule has 0 saturated carbocycles. The van der Waals surface area contributed by atoms with Crippen LogP contribution in [0.4, 0.5) is 4.39 Å². The second-order valence-corrected chi connectivity index (χ2v) is 4.61. The predicted molar refractivity (Wildman–Crippen MR) is 71.4 cm³/mol. The summed E-state index contributed by atoms with van der Waals surface area (Å²) in [7, 11) is 1.55. The van der Waals surface area contributed by atoms with Crippen molar-refractivity contribution in [1.29, 1.82) is 0 Å². The molecule has 0 unspecified atom stereocenters. The summed E-state index contributed by atoms with van der Waals surface area (Å²) >= 11 is 3.35. The van der Waals surface area contributed by atoms with Gasteiger partial charge in [-0.25, -0.2) is 4.39 Å². The van der Waals surface area contributed by atoms with Crippen LogP contribution < -0.4 is 9.47 Å². The minimum Gasteiger partial charge on any atom is -0.496 e. The highest BCUT2D eigenvalue weighted by atomic mass is 79.9. The predicted octanol–water partition coefficient (Wildman–Crippen LogP) is 4.18. The zero-order valence-electron chi connectivity index (χ0n) is 9.82. The lowest BCUT2D eigenvalue weighted by molar-refractivity contribution is 0.296. The zero-order chi connectivity index (χ0) is 13.0. The molecule has 0 saturated heterocycles. The van der Waals surface area contributed by atoms with Gasteiger partial charge in [0.05, 0.1) is 7.11 Å². The van der Waals surface area contributed by atoms with Crippen LogP contribution in [0.1, 0.15) is 5.56 Å². The van der Waals surface area contributed by atoms with E-state index in [-0.39, 0.29) is 12.4 Å². The molecular weight excluding hydrogens is 299 g/mol. The summed E-state index contributed by atoms with van der Waals surface area (Å²) in [5.74, 6) is 1.04. The summed E-state index contributed by atoms with van der Waals surface area (Å²) in [5.41, 5.74) is 0.681. The Hall–Kier alpha value is -1.55. The second-order valence-electron chi connectivity index (χ2n) is 3.70. The Morgan fingerprint density at radius 2 is 1.83 bits per heavy atom. The quantitative estimate of drug-likeness (QED) is 0.843. The molecule has 0 amide bonds. The molecule has 0 bridgehead atoms. The third kappa shape index (κ3) is 3.23. The molecular formula is C14H12BrFO2. The van der Waals surface area contributed by atoms with Crippen molar-refractivity contribution in [3.63, 3.8) is 0 Å². The average Bonchev–Trinajstić information content (AvgIpc) is 2.38. The maximum atomic E-state index is 13.1. The van der Waals surface area contributed by atoms with Crippen LogP contribution in [0.5, 0.6) is 11.5 Å². The summed E-state index contributed by atoms with van der Waals surface area (Å²) in [4.78, 5) is 0. The van der Waals surface area contributed by atoms with E-state index in [1.807, 2.05) is 24.3 Å². The summed E-state index contributed by atoms with van der Waals surface area (Å²) in [6, 6.07) is 11.8. The molecule has 4 heteroatoms. The Morgan fingerprint density at radius 3 is 2.50 bits per heavy atom. The fourth-order valence-electron chi connectivity index (χ4n) is 1.55. The lowest BCUT2D eigenvalue weighted by Crippen LogP contribution is -1.99. The van der Waals surface area contributed by atoms with Gasteiger partial charge in [0, 0.05) is 10.0 Å². The molecule has 0 aliphatic carbocycles. The number of halogens is 2. The zero-order valence-corrected chi connectivity index (χ0v) is 11.4. The van der Waals surface area contributed by atoms with Crippen LogP contribution >= 0.6 is 15.9 Å². The standard InChI is InChI=1S/C14H12BrFO2/c1-17-14-7-4-12(16)8-10(14)9-18-13-5-2-11(15)3-6-13/h2-8H,9H2,1H3. The van der Waals surface area contributed by atoms with Crippen molar-refractivity contribution in [3.8, 4) is 11.5 Å². The highest BCUT2D eigenvalue weighted by Crippen LogP contribution is 2.22. The molecule has 0 fully saturated rings. The smallest absolute Gasteiger partial charge is 0.125 e.